The number of nitriles is 1. The number of thiophene rings is 1. The first kappa shape index (κ1) is 10.9. The minimum absolute atomic E-state index is 0.0519. The number of hydrogen-bond acceptors (Lipinski definition) is 3. The van der Waals surface area contributed by atoms with Gasteiger partial charge in [0.1, 0.15) is 11.9 Å². The fraction of sp³-hybridized carbons (Fsp3) is 0. The van der Waals surface area contributed by atoms with Crippen molar-refractivity contribution in [2.24, 2.45) is 0 Å². The highest BCUT2D eigenvalue weighted by molar-refractivity contribution is 7.19. The van der Waals surface area contributed by atoms with Crippen molar-refractivity contribution in [3.05, 3.63) is 40.0 Å². The quantitative estimate of drug-likeness (QED) is 0.788. The molecule has 5 heteroatoms. The molecule has 0 aliphatic heterocycles. The number of anilines is 1. The molecule has 16 heavy (non-hydrogen) atoms. The molecule has 80 valence electrons. The van der Waals surface area contributed by atoms with E-state index in [1.807, 2.05) is 0 Å². The molecule has 2 N–H and O–H groups in total. The van der Waals surface area contributed by atoms with Gasteiger partial charge in [-0.2, -0.15) is 5.26 Å². The molecule has 0 unspecified atom stereocenters. The fourth-order valence-electron chi connectivity index (χ4n) is 1.35. The molecule has 0 saturated heterocycles. The molecule has 0 fully saturated rings. The average Bonchev–Trinajstić information content (AvgIpc) is 2.67. The van der Waals surface area contributed by atoms with Crippen molar-refractivity contribution in [2.75, 3.05) is 5.73 Å². The van der Waals surface area contributed by atoms with Crippen LogP contribution in [0, 0.1) is 17.1 Å². The van der Waals surface area contributed by atoms with E-state index in [2.05, 4.69) is 0 Å². The molecule has 0 aliphatic carbocycles. The summed E-state index contributed by atoms with van der Waals surface area (Å²) in [5, 5.41) is 8.64. The number of hydrogen-bond donors (Lipinski definition) is 1. The van der Waals surface area contributed by atoms with E-state index in [1.165, 1.54) is 23.5 Å². The van der Waals surface area contributed by atoms with Crippen LogP contribution in [0.25, 0.3) is 10.4 Å². The molecule has 0 spiro atoms. The lowest BCUT2D eigenvalue weighted by atomic mass is 10.1. The zero-order valence-corrected chi connectivity index (χ0v) is 9.57. The monoisotopic (exact) mass is 252 g/mol. The Labute approximate surface area is 101 Å². The highest BCUT2D eigenvalue weighted by Crippen LogP contribution is 2.35. The Morgan fingerprint density at radius 1 is 1.38 bits per heavy atom. The Morgan fingerprint density at radius 3 is 2.69 bits per heavy atom. The van der Waals surface area contributed by atoms with Crippen molar-refractivity contribution in [1.82, 2.24) is 0 Å². The van der Waals surface area contributed by atoms with E-state index in [1.54, 1.807) is 18.2 Å². The summed E-state index contributed by atoms with van der Waals surface area (Å²) in [7, 11) is 0. The van der Waals surface area contributed by atoms with Gasteiger partial charge in [0, 0.05) is 16.1 Å². The van der Waals surface area contributed by atoms with Gasteiger partial charge in [-0.05, 0) is 24.3 Å². The van der Waals surface area contributed by atoms with E-state index >= 15 is 0 Å². The van der Waals surface area contributed by atoms with E-state index in [4.69, 9.17) is 22.6 Å². The summed E-state index contributed by atoms with van der Waals surface area (Å²) in [5.41, 5.74) is 6.64. The van der Waals surface area contributed by atoms with Gasteiger partial charge in [-0.25, -0.2) is 4.39 Å². The summed E-state index contributed by atoms with van der Waals surface area (Å²) in [6, 6.07) is 7.82. The molecule has 1 aromatic heterocycles. The van der Waals surface area contributed by atoms with E-state index in [0.29, 0.717) is 15.6 Å². The number of benzene rings is 1. The molecule has 1 heterocycles. The lowest BCUT2D eigenvalue weighted by Crippen LogP contribution is -1.93. The standard InChI is InChI=1S/C11H6ClFN2S/c12-11-2-1-10(16-11)7-4-8(13)6(5-14)3-9(7)15/h1-4H,15H2. The van der Waals surface area contributed by atoms with Gasteiger partial charge in [0.05, 0.1) is 9.90 Å². The van der Waals surface area contributed by atoms with Crippen molar-refractivity contribution in [3.63, 3.8) is 0 Å². The molecule has 0 bridgehead atoms. The molecule has 2 rings (SSSR count). The molecule has 0 saturated carbocycles. The van der Waals surface area contributed by atoms with Crippen LogP contribution in [-0.2, 0) is 0 Å². The molecule has 0 amide bonds. The third-order valence-corrected chi connectivity index (χ3v) is 3.36. The van der Waals surface area contributed by atoms with Gasteiger partial charge in [0.2, 0.25) is 0 Å². The number of halogens is 2. The van der Waals surface area contributed by atoms with Crippen LogP contribution >= 0.6 is 22.9 Å². The summed E-state index contributed by atoms with van der Waals surface area (Å²) in [6.45, 7) is 0. The molecule has 0 aliphatic rings. The molecular weight excluding hydrogens is 247 g/mol. The predicted molar refractivity (Wildman–Crippen MR) is 63.9 cm³/mol. The first-order valence-electron chi connectivity index (χ1n) is 4.36. The molecule has 2 nitrogen and oxygen atoms in total. The lowest BCUT2D eigenvalue weighted by Gasteiger charge is -2.04. The van der Waals surface area contributed by atoms with E-state index in [-0.39, 0.29) is 5.56 Å². The van der Waals surface area contributed by atoms with E-state index in [9.17, 15) is 4.39 Å². The molecule has 0 radical (unpaired) electrons. The highest BCUT2D eigenvalue weighted by atomic mass is 35.5. The minimum atomic E-state index is -0.573. The van der Waals surface area contributed by atoms with Gasteiger partial charge in [-0.15, -0.1) is 11.3 Å². The second-order valence-electron chi connectivity index (χ2n) is 3.13. The summed E-state index contributed by atoms with van der Waals surface area (Å²) >= 11 is 7.11. The number of nitrogens with two attached hydrogens (primary N) is 1. The molecular formula is C11H6ClFN2S. The summed E-state index contributed by atoms with van der Waals surface area (Å²) in [6.07, 6.45) is 0. The van der Waals surface area contributed by atoms with Gasteiger partial charge in [0.25, 0.3) is 0 Å². The smallest absolute Gasteiger partial charge is 0.141 e. The van der Waals surface area contributed by atoms with Gasteiger partial charge in [-0.3, -0.25) is 0 Å². The minimum Gasteiger partial charge on any atom is -0.398 e. The van der Waals surface area contributed by atoms with E-state index in [0.717, 1.165) is 4.88 Å². The van der Waals surface area contributed by atoms with Crippen LogP contribution in [0.5, 0.6) is 0 Å². The first-order chi connectivity index (χ1) is 7.61. The highest BCUT2D eigenvalue weighted by Gasteiger charge is 2.10. The van der Waals surface area contributed by atoms with Crippen LogP contribution < -0.4 is 5.73 Å². The molecule has 0 atom stereocenters. The van der Waals surface area contributed by atoms with Gasteiger partial charge >= 0.3 is 0 Å². The van der Waals surface area contributed by atoms with Crippen LogP contribution in [0.1, 0.15) is 5.56 Å². The number of nitrogen functional groups attached to an aromatic ring is 1. The predicted octanol–water partition coefficient (Wildman–Crippen LogP) is 3.66. The van der Waals surface area contributed by atoms with Crippen LogP contribution in [0.4, 0.5) is 10.1 Å². The third-order valence-electron chi connectivity index (χ3n) is 2.10. The lowest BCUT2D eigenvalue weighted by molar-refractivity contribution is 0.624. The first-order valence-corrected chi connectivity index (χ1v) is 5.56. The maximum atomic E-state index is 13.4. The average molecular weight is 253 g/mol. The van der Waals surface area contributed by atoms with Crippen molar-refractivity contribution >= 4 is 28.6 Å². The van der Waals surface area contributed by atoms with Crippen LogP contribution in [0.3, 0.4) is 0 Å². The Morgan fingerprint density at radius 2 is 2.12 bits per heavy atom. The summed E-state index contributed by atoms with van der Waals surface area (Å²) in [4.78, 5) is 0.783. The Hall–Kier alpha value is -1.57. The Bertz CT molecular complexity index is 586. The SMILES string of the molecule is N#Cc1cc(N)c(-c2ccc(Cl)s2)cc1F. The van der Waals surface area contributed by atoms with Crippen molar-refractivity contribution in [2.45, 2.75) is 0 Å². The van der Waals surface area contributed by atoms with Crippen molar-refractivity contribution in [3.8, 4) is 16.5 Å². The zero-order valence-electron chi connectivity index (χ0n) is 8.00. The van der Waals surface area contributed by atoms with Gasteiger partial charge in [-0.1, -0.05) is 11.6 Å². The third kappa shape index (κ3) is 1.87. The maximum Gasteiger partial charge on any atom is 0.141 e. The van der Waals surface area contributed by atoms with Crippen LogP contribution in [0.2, 0.25) is 4.34 Å². The fourth-order valence-corrected chi connectivity index (χ4v) is 2.43. The largest absolute Gasteiger partial charge is 0.398 e. The van der Waals surface area contributed by atoms with Crippen molar-refractivity contribution < 1.29 is 4.39 Å². The maximum absolute atomic E-state index is 13.4. The van der Waals surface area contributed by atoms with Crippen LogP contribution in [0.15, 0.2) is 24.3 Å². The Balaban J connectivity index is 2.59. The zero-order chi connectivity index (χ0) is 11.7. The second-order valence-corrected chi connectivity index (χ2v) is 4.85. The van der Waals surface area contributed by atoms with Gasteiger partial charge < -0.3 is 5.73 Å². The van der Waals surface area contributed by atoms with Gasteiger partial charge in [0.15, 0.2) is 0 Å². The molecule has 2 aromatic rings. The Kier molecular flexibility index (Phi) is 2.82. The van der Waals surface area contributed by atoms with Crippen LogP contribution in [-0.4, -0.2) is 0 Å². The number of rotatable bonds is 1. The summed E-state index contributed by atoms with van der Waals surface area (Å²) in [5.74, 6) is -0.573. The van der Waals surface area contributed by atoms with E-state index < -0.39 is 5.82 Å². The molecule has 1 aromatic carbocycles. The normalized spacial score (nSPS) is 10.1. The van der Waals surface area contributed by atoms with Crippen molar-refractivity contribution in [1.29, 1.82) is 5.26 Å². The number of nitrogens with zero attached hydrogens (tertiary/aromatic N) is 1. The summed E-state index contributed by atoms with van der Waals surface area (Å²) < 4.78 is 14.0. The second kappa shape index (κ2) is 4.12. The topological polar surface area (TPSA) is 49.8 Å².